The van der Waals surface area contributed by atoms with Crippen LogP contribution in [0.5, 0.6) is 0 Å². The number of aromatic nitrogens is 4. The third-order valence-electron chi connectivity index (χ3n) is 5.00. The number of nitrogens with zero attached hydrogens (tertiary/aromatic N) is 4. The molecule has 1 unspecified atom stereocenters. The molecule has 136 valence electrons. The molecule has 1 fully saturated rings. The second-order valence-corrected chi connectivity index (χ2v) is 6.87. The van der Waals surface area contributed by atoms with Crippen molar-refractivity contribution in [2.75, 3.05) is 26.8 Å². The van der Waals surface area contributed by atoms with E-state index in [4.69, 9.17) is 4.74 Å². The average molecular weight is 353 g/mol. The van der Waals surface area contributed by atoms with Crippen molar-refractivity contribution in [1.82, 2.24) is 24.6 Å². The second-order valence-electron chi connectivity index (χ2n) is 6.87. The third kappa shape index (κ3) is 3.10. The first kappa shape index (κ1) is 16.8. The van der Waals surface area contributed by atoms with Crippen LogP contribution < -0.4 is 0 Å². The summed E-state index contributed by atoms with van der Waals surface area (Å²) in [4.78, 5) is 19.1. The van der Waals surface area contributed by atoms with Gasteiger partial charge in [0.05, 0.1) is 29.9 Å². The molecule has 4 rings (SSSR count). The maximum atomic E-state index is 12.7. The first-order valence-corrected chi connectivity index (χ1v) is 8.90. The van der Waals surface area contributed by atoms with Gasteiger partial charge in [0.2, 0.25) is 0 Å². The molecular formula is C19H23N5O2. The van der Waals surface area contributed by atoms with Crippen LogP contribution in [0.3, 0.4) is 0 Å². The number of rotatable bonds is 5. The Kier molecular flexibility index (Phi) is 4.46. The highest BCUT2D eigenvalue weighted by Gasteiger charge is 2.28. The number of aromatic amines is 1. The van der Waals surface area contributed by atoms with Crippen LogP contribution in [0.25, 0.3) is 11.0 Å². The minimum Gasteiger partial charge on any atom is -0.384 e. The summed E-state index contributed by atoms with van der Waals surface area (Å²) >= 11 is 0. The van der Waals surface area contributed by atoms with E-state index in [9.17, 15) is 4.79 Å². The van der Waals surface area contributed by atoms with Crippen LogP contribution in [0, 0.1) is 12.8 Å². The number of amides is 1. The Morgan fingerprint density at radius 1 is 1.38 bits per heavy atom. The van der Waals surface area contributed by atoms with E-state index in [1.165, 1.54) is 0 Å². The molecule has 1 N–H and O–H groups in total. The molecule has 3 aromatic rings. The standard InChI is InChI=1S/C19H23N5O2/c1-13-20-16-5-3-4-6-18(16)24(13)11-15-9-17(22-21-15)19(25)23-8-7-14(10-23)12-26-2/h3-6,9,14H,7-8,10-12H2,1-2H3,(H,21,22). The molecule has 26 heavy (non-hydrogen) atoms. The molecule has 2 aromatic heterocycles. The number of benzene rings is 1. The lowest BCUT2D eigenvalue weighted by atomic mass is 10.1. The molecule has 0 bridgehead atoms. The summed E-state index contributed by atoms with van der Waals surface area (Å²) in [5.74, 6) is 1.34. The second kappa shape index (κ2) is 6.92. The van der Waals surface area contributed by atoms with Crippen LogP contribution in [0.1, 0.15) is 28.4 Å². The number of para-hydroxylation sites is 2. The monoisotopic (exact) mass is 353 g/mol. The summed E-state index contributed by atoms with van der Waals surface area (Å²) in [6.07, 6.45) is 0.983. The van der Waals surface area contributed by atoms with E-state index in [1.807, 2.05) is 36.1 Å². The SMILES string of the molecule is COCC1CCN(C(=O)c2cc(Cn3c(C)nc4ccccc43)[nH]n2)C1. The number of carbonyl (C=O) groups excluding carboxylic acids is 1. The summed E-state index contributed by atoms with van der Waals surface area (Å²) in [5, 5.41) is 7.25. The quantitative estimate of drug-likeness (QED) is 0.763. The summed E-state index contributed by atoms with van der Waals surface area (Å²) in [6.45, 7) is 4.80. The van der Waals surface area contributed by atoms with E-state index in [1.54, 1.807) is 7.11 Å². The van der Waals surface area contributed by atoms with Gasteiger partial charge in [-0.15, -0.1) is 0 Å². The van der Waals surface area contributed by atoms with Gasteiger partial charge in [-0.1, -0.05) is 12.1 Å². The van der Waals surface area contributed by atoms with Gasteiger partial charge in [-0.05, 0) is 31.5 Å². The Morgan fingerprint density at radius 3 is 3.08 bits per heavy atom. The zero-order valence-electron chi connectivity index (χ0n) is 15.1. The van der Waals surface area contributed by atoms with Crippen LogP contribution in [0.2, 0.25) is 0 Å². The van der Waals surface area contributed by atoms with Gasteiger partial charge in [-0.25, -0.2) is 4.98 Å². The van der Waals surface area contributed by atoms with Crippen molar-refractivity contribution >= 4 is 16.9 Å². The number of methoxy groups -OCH3 is 1. The van der Waals surface area contributed by atoms with Gasteiger partial charge >= 0.3 is 0 Å². The highest BCUT2D eigenvalue weighted by Crippen LogP contribution is 2.20. The number of ether oxygens (including phenoxy) is 1. The lowest BCUT2D eigenvalue weighted by molar-refractivity contribution is 0.0769. The van der Waals surface area contributed by atoms with E-state index in [2.05, 4.69) is 25.8 Å². The van der Waals surface area contributed by atoms with Gasteiger partial charge in [0.25, 0.3) is 5.91 Å². The van der Waals surface area contributed by atoms with E-state index in [-0.39, 0.29) is 5.91 Å². The summed E-state index contributed by atoms with van der Waals surface area (Å²) < 4.78 is 7.33. The maximum Gasteiger partial charge on any atom is 0.274 e. The van der Waals surface area contributed by atoms with Crippen LogP contribution in [-0.4, -0.2) is 57.4 Å². The predicted octanol–water partition coefficient (Wildman–Crippen LogP) is 2.22. The summed E-state index contributed by atoms with van der Waals surface area (Å²) in [5.41, 5.74) is 3.42. The van der Waals surface area contributed by atoms with Gasteiger partial charge in [0, 0.05) is 26.1 Å². The highest BCUT2D eigenvalue weighted by molar-refractivity contribution is 5.92. The van der Waals surface area contributed by atoms with Crippen molar-refractivity contribution in [3.63, 3.8) is 0 Å². The minimum atomic E-state index is -0.0154. The fourth-order valence-corrected chi connectivity index (χ4v) is 3.67. The number of imidazole rings is 1. The molecule has 3 heterocycles. The van der Waals surface area contributed by atoms with Crippen LogP contribution in [0.15, 0.2) is 30.3 Å². The van der Waals surface area contributed by atoms with Crippen molar-refractivity contribution in [3.05, 3.63) is 47.5 Å². The molecule has 7 heteroatoms. The molecule has 0 spiro atoms. The van der Waals surface area contributed by atoms with Crippen molar-refractivity contribution in [1.29, 1.82) is 0 Å². The fourth-order valence-electron chi connectivity index (χ4n) is 3.67. The first-order valence-electron chi connectivity index (χ1n) is 8.90. The number of carbonyl (C=O) groups is 1. The van der Waals surface area contributed by atoms with Gasteiger partial charge < -0.3 is 14.2 Å². The Balaban J connectivity index is 1.49. The first-order chi connectivity index (χ1) is 12.7. The van der Waals surface area contributed by atoms with Crippen molar-refractivity contribution < 1.29 is 9.53 Å². The maximum absolute atomic E-state index is 12.7. The number of nitrogens with one attached hydrogen (secondary N) is 1. The normalized spacial score (nSPS) is 17.3. The molecule has 1 aromatic carbocycles. The lowest BCUT2D eigenvalue weighted by Crippen LogP contribution is -2.29. The van der Waals surface area contributed by atoms with Crippen LogP contribution in [0.4, 0.5) is 0 Å². The van der Waals surface area contributed by atoms with Gasteiger partial charge in [-0.3, -0.25) is 9.89 Å². The summed E-state index contributed by atoms with van der Waals surface area (Å²) in [7, 11) is 1.70. The molecule has 1 aliphatic rings. The van der Waals surface area contributed by atoms with Gasteiger partial charge in [0.1, 0.15) is 11.5 Å². The van der Waals surface area contributed by atoms with E-state index in [0.29, 0.717) is 24.8 Å². The smallest absolute Gasteiger partial charge is 0.274 e. The highest BCUT2D eigenvalue weighted by atomic mass is 16.5. The minimum absolute atomic E-state index is 0.0154. The molecule has 0 saturated carbocycles. The average Bonchev–Trinajstić information content (AvgIpc) is 3.35. The Morgan fingerprint density at radius 2 is 2.23 bits per heavy atom. The largest absolute Gasteiger partial charge is 0.384 e. The molecule has 1 amide bonds. The topological polar surface area (TPSA) is 76.0 Å². The molecule has 1 atom stereocenters. The molecule has 1 aliphatic heterocycles. The number of likely N-dealkylation sites (tertiary alicyclic amines) is 1. The molecule has 0 aliphatic carbocycles. The molecule has 1 saturated heterocycles. The number of hydrogen-bond donors (Lipinski definition) is 1. The van der Waals surface area contributed by atoms with Crippen LogP contribution >= 0.6 is 0 Å². The Bertz CT molecular complexity index is 929. The number of aryl methyl sites for hydroxylation is 1. The number of H-pyrrole nitrogens is 1. The molecule has 7 nitrogen and oxygen atoms in total. The van der Waals surface area contributed by atoms with Gasteiger partial charge in [0.15, 0.2) is 0 Å². The number of hydrogen-bond acceptors (Lipinski definition) is 4. The van der Waals surface area contributed by atoms with Gasteiger partial charge in [-0.2, -0.15) is 5.10 Å². The molecule has 0 radical (unpaired) electrons. The zero-order valence-corrected chi connectivity index (χ0v) is 15.1. The van der Waals surface area contributed by atoms with E-state index >= 15 is 0 Å². The lowest BCUT2D eigenvalue weighted by Gasteiger charge is -2.14. The zero-order chi connectivity index (χ0) is 18.1. The van der Waals surface area contributed by atoms with Crippen molar-refractivity contribution in [3.8, 4) is 0 Å². The number of fused-ring (bicyclic) bond motifs is 1. The Labute approximate surface area is 152 Å². The molecular weight excluding hydrogens is 330 g/mol. The van der Waals surface area contributed by atoms with Crippen molar-refractivity contribution in [2.24, 2.45) is 5.92 Å². The van der Waals surface area contributed by atoms with E-state index in [0.717, 1.165) is 42.1 Å². The summed E-state index contributed by atoms with van der Waals surface area (Å²) in [6, 6.07) is 9.90. The van der Waals surface area contributed by atoms with E-state index < -0.39 is 0 Å². The fraction of sp³-hybridized carbons (Fsp3) is 0.421. The third-order valence-corrected chi connectivity index (χ3v) is 5.00. The van der Waals surface area contributed by atoms with Crippen LogP contribution in [-0.2, 0) is 11.3 Å². The Hall–Kier alpha value is -2.67. The predicted molar refractivity (Wildman–Crippen MR) is 98.0 cm³/mol. The van der Waals surface area contributed by atoms with Crippen molar-refractivity contribution in [2.45, 2.75) is 19.9 Å².